The lowest BCUT2D eigenvalue weighted by Gasteiger charge is -2.30. The molecule has 1 aliphatic carbocycles. The molecule has 0 aromatic heterocycles. The fourth-order valence-electron chi connectivity index (χ4n) is 3.45. The third-order valence-corrected chi connectivity index (χ3v) is 6.12. The maximum Gasteiger partial charge on any atom is 0.236 e. The Morgan fingerprint density at radius 3 is 2.62 bits per heavy atom. The van der Waals surface area contributed by atoms with Crippen LogP contribution in [0.2, 0.25) is 0 Å². The van der Waals surface area contributed by atoms with Crippen LogP contribution in [0, 0.1) is 5.92 Å². The van der Waals surface area contributed by atoms with Crippen LogP contribution in [0.3, 0.4) is 0 Å². The molecule has 0 saturated heterocycles. The van der Waals surface area contributed by atoms with Gasteiger partial charge in [-0.25, -0.2) is 8.42 Å². The van der Waals surface area contributed by atoms with Crippen molar-refractivity contribution in [3.8, 4) is 0 Å². The third-order valence-electron chi connectivity index (χ3n) is 4.86. The molecule has 5 nitrogen and oxygen atoms in total. The Morgan fingerprint density at radius 2 is 1.88 bits per heavy atom. The fourth-order valence-corrected chi connectivity index (χ4v) is 4.64. The lowest BCUT2D eigenvalue weighted by molar-refractivity contribution is -0.119. The van der Waals surface area contributed by atoms with Crippen LogP contribution in [0.15, 0.2) is 48.5 Å². The van der Waals surface area contributed by atoms with E-state index in [0.29, 0.717) is 5.69 Å². The summed E-state index contributed by atoms with van der Waals surface area (Å²) in [6.07, 6.45) is 3.74. The monoisotopic (exact) mass is 370 g/mol. The molecule has 1 saturated carbocycles. The Kier molecular flexibility index (Phi) is 4.44. The molecule has 1 fully saturated rings. The molecule has 0 radical (unpaired) electrons. The van der Waals surface area contributed by atoms with Gasteiger partial charge in [-0.15, -0.1) is 0 Å². The lowest BCUT2D eigenvalue weighted by Crippen LogP contribution is -2.36. The molecule has 2 aromatic rings. The Hall–Kier alpha value is -2.34. The largest absolute Gasteiger partial charge is 0.312 e. The predicted octanol–water partition coefficient (Wildman–Crippen LogP) is 3.32. The summed E-state index contributed by atoms with van der Waals surface area (Å²) < 4.78 is 27.5. The number of hydrogen-bond donors (Lipinski definition) is 1. The Labute approximate surface area is 154 Å². The van der Waals surface area contributed by atoms with Crippen LogP contribution >= 0.6 is 0 Å². The molecule has 4 rings (SSSR count). The van der Waals surface area contributed by atoms with Crippen molar-refractivity contribution in [1.29, 1.82) is 0 Å². The van der Waals surface area contributed by atoms with E-state index >= 15 is 0 Å². The van der Waals surface area contributed by atoms with Crippen molar-refractivity contribution < 1.29 is 13.2 Å². The number of sulfonamides is 1. The van der Waals surface area contributed by atoms with Crippen molar-refractivity contribution in [2.45, 2.75) is 31.4 Å². The number of anilines is 2. The van der Waals surface area contributed by atoms with E-state index in [0.717, 1.165) is 49.0 Å². The zero-order chi connectivity index (χ0) is 18.1. The van der Waals surface area contributed by atoms with E-state index in [1.807, 2.05) is 35.2 Å². The van der Waals surface area contributed by atoms with E-state index in [1.54, 1.807) is 18.2 Å². The summed E-state index contributed by atoms with van der Waals surface area (Å²) in [6.45, 7) is 0.751. The number of carbonyl (C=O) groups excluding carboxylic acids is 1. The molecule has 2 aromatic carbocycles. The van der Waals surface area contributed by atoms with Gasteiger partial charge in [0.05, 0.1) is 5.75 Å². The zero-order valence-corrected chi connectivity index (χ0v) is 15.3. The molecule has 26 heavy (non-hydrogen) atoms. The first-order valence-corrected chi connectivity index (χ1v) is 10.7. The summed E-state index contributed by atoms with van der Waals surface area (Å²) in [7, 11) is -3.48. The van der Waals surface area contributed by atoms with Gasteiger partial charge in [0.2, 0.25) is 15.9 Å². The van der Waals surface area contributed by atoms with Gasteiger partial charge in [-0.2, -0.15) is 0 Å². The van der Waals surface area contributed by atoms with E-state index in [1.165, 1.54) is 0 Å². The van der Waals surface area contributed by atoms with E-state index in [-0.39, 0.29) is 17.6 Å². The second-order valence-electron chi connectivity index (χ2n) is 7.06. The highest BCUT2D eigenvalue weighted by Crippen LogP contribution is 2.36. The molecule has 2 aliphatic rings. The first-order valence-electron chi connectivity index (χ1n) is 9.00. The summed E-state index contributed by atoms with van der Waals surface area (Å²) in [4.78, 5) is 14.3. The first kappa shape index (κ1) is 17.1. The molecule has 0 atom stereocenters. The summed E-state index contributed by atoms with van der Waals surface area (Å²) in [5, 5.41) is 0. The average molecular weight is 370 g/mol. The quantitative estimate of drug-likeness (QED) is 0.878. The number of nitrogens with zero attached hydrogens (tertiary/aromatic N) is 1. The average Bonchev–Trinajstić information content (AvgIpc) is 3.45. The van der Waals surface area contributed by atoms with Crippen molar-refractivity contribution in [3.63, 3.8) is 0 Å². The van der Waals surface area contributed by atoms with E-state index in [2.05, 4.69) is 4.72 Å². The van der Waals surface area contributed by atoms with E-state index < -0.39 is 10.0 Å². The third kappa shape index (κ3) is 3.75. The first-order chi connectivity index (χ1) is 12.5. The highest BCUT2D eigenvalue weighted by atomic mass is 32.2. The van der Waals surface area contributed by atoms with Gasteiger partial charge in [0.15, 0.2) is 0 Å². The summed E-state index contributed by atoms with van der Waals surface area (Å²) >= 11 is 0. The molecule has 0 spiro atoms. The van der Waals surface area contributed by atoms with Crippen LogP contribution in [-0.4, -0.2) is 20.9 Å². The van der Waals surface area contributed by atoms with Gasteiger partial charge in [-0.05, 0) is 55.0 Å². The lowest BCUT2D eigenvalue weighted by atomic mass is 10.0. The molecule has 1 amide bonds. The van der Waals surface area contributed by atoms with Gasteiger partial charge in [0.1, 0.15) is 0 Å². The van der Waals surface area contributed by atoms with Crippen LogP contribution in [0.1, 0.15) is 30.4 Å². The molecule has 0 bridgehead atoms. The van der Waals surface area contributed by atoms with Crippen LogP contribution in [0.25, 0.3) is 0 Å². The van der Waals surface area contributed by atoms with E-state index in [4.69, 9.17) is 0 Å². The van der Waals surface area contributed by atoms with Gasteiger partial charge < -0.3 is 4.90 Å². The zero-order valence-electron chi connectivity index (χ0n) is 14.5. The van der Waals surface area contributed by atoms with Crippen LogP contribution in [0.4, 0.5) is 11.4 Å². The molecule has 1 heterocycles. The molecule has 1 aliphatic heterocycles. The highest BCUT2D eigenvalue weighted by molar-refractivity contribution is 7.91. The highest BCUT2D eigenvalue weighted by Gasteiger charge is 2.35. The minimum absolute atomic E-state index is 0.0583. The summed E-state index contributed by atoms with van der Waals surface area (Å²) in [6, 6.07) is 14.6. The van der Waals surface area contributed by atoms with Gasteiger partial charge in [0, 0.05) is 23.8 Å². The maximum atomic E-state index is 12.5. The van der Waals surface area contributed by atoms with Gasteiger partial charge in [0.25, 0.3) is 0 Å². The van der Waals surface area contributed by atoms with Crippen molar-refractivity contribution in [3.05, 3.63) is 59.7 Å². The fraction of sp³-hybridized carbons (Fsp3) is 0.350. The van der Waals surface area contributed by atoms with Gasteiger partial charge in [-0.3, -0.25) is 9.52 Å². The number of hydrogen-bond acceptors (Lipinski definition) is 3. The molecule has 1 N–H and O–H groups in total. The van der Waals surface area contributed by atoms with Gasteiger partial charge in [-0.1, -0.05) is 30.3 Å². The SMILES string of the molecule is O=C(C1CC1)N1CCCc2cc(NS(=O)(=O)Cc3ccccc3)ccc21. The normalized spacial score (nSPS) is 16.8. The molecule has 0 unspecified atom stereocenters. The van der Waals surface area contributed by atoms with Crippen molar-refractivity contribution in [2.75, 3.05) is 16.2 Å². The van der Waals surface area contributed by atoms with Crippen molar-refractivity contribution >= 4 is 27.3 Å². The second-order valence-corrected chi connectivity index (χ2v) is 8.78. The number of aryl methyl sites for hydroxylation is 1. The number of fused-ring (bicyclic) bond motifs is 1. The van der Waals surface area contributed by atoms with Crippen molar-refractivity contribution in [2.24, 2.45) is 5.92 Å². The second kappa shape index (κ2) is 6.76. The van der Waals surface area contributed by atoms with Crippen LogP contribution in [0.5, 0.6) is 0 Å². The minimum Gasteiger partial charge on any atom is -0.312 e. The number of nitrogens with one attached hydrogen (secondary N) is 1. The number of benzene rings is 2. The smallest absolute Gasteiger partial charge is 0.236 e. The summed E-state index contributed by atoms with van der Waals surface area (Å²) in [5.74, 6) is 0.338. The standard InChI is InChI=1S/C20H22N2O3S/c23-20(16-8-9-16)22-12-4-7-17-13-18(10-11-19(17)22)21-26(24,25)14-15-5-2-1-3-6-15/h1-3,5-6,10-11,13,16,21H,4,7-9,12,14H2. The number of carbonyl (C=O) groups is 1. The summed E-state index contributed by atoms with van der Waals surface area (Å²) in [5.41, 5.74) is 3.27. The maximum absolute atomic E-state index is 12.5. The Morgan fingerprint density at radius 1 is 1.12 bits per heavy atom. The predicted molar refractivity (Wildman–Crippen MR) is 103 cm³/mol. The number of amides is 1. The molecule has 6 heteroatoms. The van der Waals surface area contributed by atoms with Gasteiger partial charge >= 0.3 is 0 Å². The molecular weight excluding hydrogens is 348 g/mol. The number of rotatable bonds is 5. The van der Waals surface area contributed by atoms with E-state index in [9.17, 15) is 13.2 Å². The Balaban J connectivity index is 1.52. The van der Waals surface area contributed by atoms with Crippen LogP contribution in [-0.2, 0) is 27.0 Å². The molecule has 136 valence electrons. The molecular formula is C20H22N2O3S. The van der Waals surface area contributed by atoms with Crippen molar-refractivity contribution in [1.82, 2.24) is 0 Å². The van der Waals surface area contributed by atoms with Crippen LogP contribution < -0.4 is 9.62 Å². The topological polar surface area (TPSA) is 66.5 Å². The minimum atomic E-state index is -3.48. The Bertz CT molecular complexity index is 921.